The molecule has 0 aliphatic carbocycles. The first kappa shape index (κ1) is 15.2. The van der Waals surface area contributed by atoms with Crippen LogP contribution in [-0.2, 0) is 15.1 Å². The Hall–Kier alpha value is -0.870. The molecule has 0 fully saturated rings. The summed E-state index contributed by atoms with van der Waals surface area (Å²) in [5.74, 6) is -0.211. The maximum atomic E-state index is 12.3. The van der Waals surface area contributed by atoms with Gasteiger partial charge in [0.2, 0.25) is 0 Å². The van der Waals surface area contributed by atoms with E-state index < -0.39 is 5.54 Å². The van der Waals surface area contributed by atoms with Crippen LogP contribution in [0.3, 0.4) is 0 Å². The summed E-state index contributed by atoms with van der Waals surface area (Å²) in [6, 6.07) is 7.78. The number of hydrogen-bond donors (Lipinski definition) is 1. The van der Waals surface area contributed by atoms with Gasteiger partial charge in [-0.1, -0.05) is 41.9 Å². The van der Waals surface area contributed by atoms with Crippen LogP contribution in [-0.4, -0.2) is 19.1 Å². The lowest BCUT2D eigenvalue weighted by Gasteiger charge is -2.31. The molecule has 0 aliphatic heterocycles. The Labute approximate surface area is 117 Å². The van der Waals surface area contributed by atoms with E-state index in [-0.39, 0.29) is 5.97 Å². The molecule has 0 aliphatic rings. The molecular formula is C14H20BrNO2. The summed E-state index contributed by atoms with van der Waals surface area (Å²) in [6.07, 6.45) is 0.654. The first-order valence-electron chi connectivity index (χ1n) is 6.29. The predicted octanol–water partition coefficient (Wildman–Crippen LogP) is 3.23. The third kappa shape index (κ3) is 3.12. The number of carbonyl (C=O) groups is 1. The molecule has 0 saturated carbocycles. The van der Waals surface area contributed by atoms with E-state index in [2.05, 4.69) is 21.2 Å². The van der Waals surface area contributed by atoms with Gasteiger partial charge in [-0.25, -0.2) is 4.79 Å². The van der Waals surface area contributed by atoms with Gasteiger partial charge in [-0.05, 0) is 37.6 Å². The Balaban J connectivity index is 3.17. The Morgan fingerprint density at radius 2 is 1.89 bits per heavy atom. The molecule has 0 radical (unpaired) electrons. The molecule has 18 heavy (non-hydrogen) atoms. The summed E-state index contributed by atoms with van der Waals surface area (Å²) in [6.45, 7) is 6.90. The summed E-state index contributed by atoms with van der Waals surface area (Å²) < 4.78 is 6.22. The number of hydrogen-bond acceptors (Lipinski definition) is 3. The molecule has 0 aromatic heterocycles. The number of likely N-dealkylation sites (N-methyl/N-ethyl adjacent to an activating group) is 1. The second-order valence-corrected chi connectivity index (χ2v) is 4.93. The molecule has 0 amide bonds. The molecular weight excluding hydrogens is 294 g/mol. The van der Waals surface area contributed by atoms with Gasteiger partial charge in [-0.2, -0.15) is 0 Å². The molecule has 4 heteroatoms. The average molecular weight is 314 g/mol. The highest BCUT2D eigenvalue weighted by Crippen LogP contribution is 2.28. The standard InChI is InChI=1S/C14H20BrNO2/c1-4-14(16-5-2,13(17)18-6-3)11-7-9-12(15)10-8-11/h7-10,16H,4-6H2,1-3H3. The van der Waals surface area contributed by atoms with Gasteiger partial charge in [0.05, 0.1) is 6.61 Å². The molecule has 100 valence electrons. The second-order valence-electron chi connectivity index (χ2n) is 4.02. The van der Waals surface area contributed by atoms with Crippen LogP contribution in [0.25, 0.3) is 0 Å². The molecule has 0 heterocycles. The number of benzene rings is 1. The molecule has 0 spiro atoms. The molecule has 1 aromatic carbocycles. The first-order chi connectivity index (χ1) is 8.60. The van der Waals surface area contributed by atoms with E-state index in [4.69, 9.17) is 4.74 Å². The molecule has 1 atom stereocenters. The monoisotopic (exact) mass is 313 g/mol. The van der Waals surface area contributed by atoms with Crippen molar-refractivity contribution >= 4 is 21.9 Å². The predicted molar refractivity (Wildman–Crippen MR) is 76.4 cm³/mol. The van der Waals surface area contributed by atoms with Gasteiger partial charge in [0.15, 0.2) is 0 Å². The van der Waals surface area contributed by atoms with Gasteiger partial charge in [0.25, 0.3) is 0 Å². The van der Waals surface area contributed by atoms with Crippen LogP contribution < -0.4 is 5.32 Å². The largest absolute Gasteiger partial charge is 0.464 e. The molecule has 0 bridgehead atoms. The van der Waals surface area contributed by atoms with E-state index in [0.29, 0.717) is 19.6 Å². The van der Waals surface area contributed by atoms with Crippen molar-refractivity contribution in [2.75, 3.05) is 13.2 Å². The maximum absolute atomic E-state index is 12.3. The molecule has 1 aromatic rings. The average Bonchev–Trinajstić information content (AvgIpc) is 2.37. The topological polar surface area (TPSA) is 38.3 Å². The summed E-state index contributed by atoms with van der Waals surface area (Å²) >= 11 is 3.40. The zero-order valence-electron chi connectivity index (χ0n) is 11.1. The second kappa shape index (κ2) is 6.90. The number of carbonyl (C=O) groups excluding carboxylic acids is 1. The zero-order chi connectivity index (χ0) is 13.6. The number of nitrogens with one attached hydrogen (secondary N) is 1. The van der Waals surface area contributed by atoms with Crippen molar-refractivity contribution in [1.82, 2.24) is 5.32 Å². The summed E-state index contributed by atoms with van der Waals surface area (Å²) in [7, 11) is 0. The lowest BCUT2D eigenvalue weighted by molar-refractivity contribution is -0.152. The third-order valence-corrected chi connectivity index (χ3v) is 3.50. The van der Waals surface area contributed by atoms with Crippen LogP contribution >= 0.6 is 15.9 Å². The van der Waals surface area contributed by atoms with Crippen molar-refractivity contribution in [3.8, 4) is 0 Å². The van der Waals surface area contributed by atoms with Crippen molar-refractivity contribution in [2.24, 2.45) is 0 Å². The van der Waals surface area contributed by atoms with Crippen molar-refractivity contribution in [3.05, 3.63) is 34.3 Å². The van der Waals surface area contributed by atoms with Crippen LogP contribution in [0.5, 0.6) is 0 Å². The van der Waals surface area contributed by atoms with Crippen LogP contribution in [0.4, 0.5) is 0 Å². The quantitative estimate of drug-likeness (QED) is 0.819. The van der Waals surface area contributed by atoms with Gasteiger partial charge in [-0.15, -0.1) is 0 Å². The summed E-state index contributed by atoms with van der Waals surface area (Å²) in [5, 5.41) is 3.28. The SMILES string of the molecule is CCNC(CC)(C(=O)OCC)c1ccc(Br)cc1. The maximum Gasteiger partial charge on any atom is 0.330 e. The fraction of sp³-hybridized carbons (Fsp3) is 0.500. The smallest absolute Gasteiger partial charge is 0.330 e. The highest BCUT2D eigenvalue weighted by Gasteiger charge is 2.39. The molecule has 1 rings (SSSR count). The van der Waals surface area contributed by atoms with Crippen molar-refractivity contribution in [2.45, 2.75) is 32.7 Å². The van der Waals surface area contributed by atoms with Gasteiger partial charge in [0.1, 0.15) is 5.54 Å². The fourth-order valence-corrected chi connectivity index (χ4v) is 2.32. The minimum Gasteiger partial charge on any atom is -0.464 e. The lowest BCUT2D eigenvalue weighted by atomic mass is 9.87. The van der Waals surface area contributed by atoms with E-state index in [1.165, 1.54) is 0 Å². The van der Waals surface area contributed by atoms with Gasteiger partial charge in [0, 0.05) is 4.47 Å². The van der Waals surface area contributed by atoms with E-state index in [9.17, 15) is 4.79 Å². The Morgan fingerprint density at radius 1 is 1.28 bits per heavy atom. The summed E-state index contributed by atoms with van der Waals surface area (Å²) in [5.41, 5.74) is 0.194. The van der Waals surface area contributed by atoms with Crippen molar-refractivity contribution < 1.29 is 9.53 Å². The summed E-state index contributed by atoms with van der Waals surface area (Å²) in [4.78, 5) is 12.3. The zero-order valence-corrected chi connectivity index (χ0v) is 12.7. The first-order valence-corrected chi connectivity index (χ1v) is 7.08. The highest BCUT2D eigenvalue weighted by molar-refractivity contribution is 9.10. The van der Waals surface area contributed by atoms with Gasteiger partial charge >= 0.3 is 5.97 Å². The van der Waals surface area contributed by atoms with Crippen LogP contribution in [0, 0.1) is 0 Å². The van der Waals surface area contributed by atoms with Crippen LogP contribution in [0.2, 0.25) is 0 Å². The minimum atomic E-state index is -0.745. The third-order valence-electron chi connectivity index (χ3n) is 2.97. The highest BCUT2D eigenvalue weighted by atomic mass is 79.9. The minimum absolute atomic E-state index is 0.211. The molecule has 1 N–H and O–H groups in total. The van der Waals surface area contributed by atoms with E-state index >= 15 is 0 Å². The van der Waals surface area contributed by atoms with Crippen LogP contribution in [0.1, 0.15) is 32.8 Å². The van der Waals surface area contributed by atoms with Crippen molar-refractivity contribution in [1.29, 1.82) is 0 Å². The molecule has 1 unspecified atom stereocenters. The number of rotatable bonds is 6. The molecule has 0 saturated heterocycles. The molecule has 3 nitrogen and oxygen atoms in total. The number of esters is 1. The Morgan fingerprint density at radius 3 is 2.33 bits per heavy atom. The van der Waals surface area contributed by atoms with Crippen molar-refractivity contribution in [3.63, 3.8) is 0 Å². The number of halogens is 1. The normalized spacial score (nSPS) is 14.0. The van der Waals surface area contributed by atoms with Gasteiger partial charge < -0.3 is 4.74 Å². The Kier molecular flexibility index (Phi) is 5.82. The fourth-order valence-electron chi connectivity index (χ4n) is 2.06. The van der Waals surface area contributed by atoms with E-state index in [1.54, 1.807) is 0 Å². The lowest BCUT2D eigenvalue weighted by Crippen LogP contribution is -2.49. The Bertz CT molecular complexity index is 391. The van der Waals surface area contributed by atoms with E-state index in [1.807, 2.05) is 45.0 Å². The van der Waals surface area contributed by atoms with E-state index in [0.717, 1.165) is 10.0 Å². The van der Waals surface area contributed by atoms with Crippen LogP contribution in [0.15, 0.2) is 28.7 Å². The number of ether oxygens (including phenoxy) is 1. The van der Waals surface area contributed by atoms with Gasteiger partial charge in [-0.3, -0.25) is 5.32 Å².